The van der Waals surface area contributed by atoms with Crippen molar-refractivity contribution in [1.82, 2.24) is 102 Å². The summed E-state index contributed by atoms with van der Waals surface area (Å²) in [5.41, 5.74) is 7.86. The van der Waals surface area contributed by atoms with Gasteiger partial charge in [-0.15, -0.1) is 0 Å². The van der Waals surface area contributed by atoms with Gasteiger partial charge in [-0.25, -0.2) is 34.0 Å². The fourth-order valence-corrected chi connectivity index (χ4v) is 13.0. The normalized spacial score (nSPS) is 17.6. The lowest BCUT2D eigenvalue weighted by Crippen LogP contribution is -2.19. The van der Waals surface area contributed by atoms with Crippen molar-refractivity contribution >= 4 is 69.1 Å². The Morgan fingerprint density at radius 2 is 0.947 bits per heavy atom. The smallest absolute Gasteiger partial charge is 0.258 e. The average Bonchev–Trinajstić information content (AvgIpc) is 1.67. The summed E-state index contributed by atoms with van der Waals surface area (Å²) in [5.74, 6) is 0.265. The molecule has 30 nitrogen and oxygen atoms in total. The first-order chi connectivity index (χ1) is 46.0. The molecule has 0 aliphatic carbocycles. The molecule has 3 aliphatic rings. The van der Waals surface area contributed by atoms with Crippen LogP contribution in [0.3, 0.4) is 0 Å². The van der Waals surface area contributed by atoms with E-state index in [0.717, 1.165) is 37.4 Å². The van der Waals surface area contributed by atoms with Crippen LogP contribution in [0.2, 0.25) is 0 Å². The highest BCUT2D eigenvalue weighted by atomic mass is 19.1. The number of imidazole rings is 3. The Hall–Kier alpha value is -11.1. The first-order valence-corrected chi connectivity index (χ1v) is 31.9. The Balaban J connectivity index is 0.792. The van der Waals surface area contributed by atoms with Gasteiger partial charge in [0.2, 0.25) is 41.4 Å². The maximum Gasteiger partial charge on any atom is 0.258 e. The molecule has 12 aromatic rings. The van der Waals surface area contributed by atoms with Gasteiger partial charge in [-0.05, 0) is 86.6 Å². The monoisotopic (exact) mass is 1290 g/mol. The van der Waals surface area contributed by atoms with Crippen molar-refractivity contribution in [3.8, 4) is 51.4 Å². The van der Waals surface area contributed by atoms with Crippen molar-refractivity contribution in [3.05, 3.63) is 108 Å². The van der Waals surface area contributed by atoms with Crippen molar-refractivity contribution < 1.29 is 33.0 Å². The summed E-state index contributed by atoms with van der Waals surface area (Å²) in [4.78, 5) is 72.8. The number of carbonyl (C=O) groups is 3. The summed E-state index contributed by atoms with van der Waals surface area (Å²) in [6.07, 6.45) is 14.8. The third-order valence-electron chi connectivity index (χ3n) is 17.6. The predicted octanol–water partition coefficient (Wildman–Crippen LogP) is 7.86. The van der Waals surface area contributed by atoms with Crippen LogP contribution >= 0.6 is 0 Å². The summed E-state index contributed by atoms with van der Waals surface area (Å²) in [6, 6.07) is 9.42. The highest BCUT2D eigenvalue weighted by molar-refractivity contribution is 6.06. The van der Waals surface area contributed by atoms with E-state index in [9.17, 15) is 14.4 Å². The molecule has 0 aromatic carbocycles. The summed E-state index contributed by atoms with van der Waals surface area (Å²) < 4.78 is 51.7. The molecular formula is C64H69FN24O6. The number of carbonyl (C=O) groups excluding carboxylic acids is 3. The van der Waals surface area contributed by atoms with E-state index in [1.54, 1.807) is 77.1 Å². The zero-order valence-corrected chi connectivity index (χ0v) is 53.5. The van der Waals surface area contributed by atoms with Gasteiger partial charge in [0, 0.05) is 82.7 Å². The minimum absolute atomic E-state index is 0.00585. The van der Waals surface area contributed by atoms with E-state index in [-0.39, 0.29) is 72.5 Å². The van der Waals surface area contributed by atoms with Crippen LogP contribution in [0.1, 0.15) is 102 Å². The number of pyridine rings is 3. The molecule has 3 N–H and O–H groups in total. The molecule has 0 saturated heterocycles. The summed E-state index contributed by atoms with van der Waals surface area (Å²) >= 11 is 0. The number of nitrogens with zero attached hydrogens (tertiary/aromatic N) is 21. The number of fused-ring (bicyclic) bond motifs is 21. The molecule has 6 bridgehead atoms. The zero-order valence-electron chi connectivity index (χ0n) is 53.5. The van der Waals surface area contributed by atoms with Crippen molar-refractivity contribution in [1.29, 1.82) is 0 Å². The molecule has 15 heterocycles. The minimum atomic E-state index is -0.896. The topological polar surface area (TPSA) is 314 Å². The maximum atomic E-state index is 15.8. The molecule has 488 valence electrons. The molecule has 0 saturated carbocycles. The number of aromatic nitrogens is 21. The van der Waals surface area contributed by atoms with E-state index in [2.05, 4.69) is 57.0 Å². The molecule has 12 aromatic heterocycles. The summed E-state index contributed by atoms with van der Waals surface area (Å²) in [6.45, 7) is 9.16. The van der Waals surface area contributed by atoms with Crippen molar-refractivity contribution in [3.63, 3.8) is 0 Å². The first-order valence-electron chi connectivity index (χ1n) is 31.9. The van der Waals surface area contributed by atoms with E-state index >= 15 is 4.39 Å². The number of anilines is 3. The van der Waals surface area contributed by atoms with E-state index in [4.69, 9.17) is 54.4 Å². The van der Waals surface area contributed by atoms with Gasteiger partial charge in [0.15, 0.2) is 16.9 Å². The van der Waals surface area contributed by atoms with Crippen molar-refractivity contribution in [2.75, 3.05) is 35.8 Å². The van der Waals surface area contributed by atoms with Gasteiger partial charge in [-0.2, -0.15) is 35.0 Å². The highest BCUT2D eigenvalue weighted by Crippen LogP contribution is 2.37. The Bertz CT molecular complexity index is 4970. The Labute approximate surface area is 541 Å². The molecule has 0 spiro atoms. The van der Waals surface area contributed by atoms with E-state index in [1.165, 1.54) is 12.3 Å². The van der Waals surface area contributed by atoms with Crippen LogP contribution in [0.15, 0.2) is 73.6 Å². The van der Waals surface area contributed by atoms with Crippen LogP contribution in [-0.4, -0.2) is 140 Å². The van der Waals surface area contributed by atoms with Gasteiger partial charge in [0.1, 0.15) is 16.6 Å². The highest BCUT2D eigenvalue weighted by Gasteiger charge is 2.29. The van der Waals surface area contributed by atoms with Crippen LogP contribution < -0.4 is 30.2 Å². The summed E-state index contributed by atoms with van der Waals surface area (Å²) in [7, 11) is 7.32. The number of rotatable bonds is 5. The minimum Gasteiger partial charge on any atom is -0.477 e. The predicted molar refractivity (Wildman–Crippen MR) is 345 cm³/mol. The van der Waals surface area contributed by atoms with Gasteiger partial charge in [-0.1, -0.05) is 20.8 Å². The Morgan fingerprint density at radius 3 is 1.54 bits per heavy atom. The number of ether oxygens (including phenoxy) is 3. The SMILES string of the molecule is C[C@@H]1CCCOc2c(cnn2Cc2cc3cc(n2)-c2cnn(CCc4cc5cc(n4)-c4cnn(C)c4OCCC[C@@H](C)Cn4c(nc6cnn(C)c64)NC5=O)c2OCCC[C@@H](C)Cn2c(nc4cn(C)nc42)NC3=O)-c2cc(cc(F)n2)C(=O)Nc2nc3cn(C)nc3n2C1. The first kappa shape index (κ1) is 60.1. The third kappa shape index (κ3) is 11.7. The lowest BCUT2D eigenvalue weighted by molar-refractivity contribution is 0.101. The molecule has 31 heteroatoms. The second-order valence-electron chi connectivity index (χ2n) is 25.2. The molecule has 3 atom stereocenters. The fourth-order valence-electron chi connectivity index (χ4n) is 13.0. The van der Waals surface area contributed by atoms with Gasteiger partial charge in [0.25, 0.3) is 17.7 Å². The van der Waals surface area contributed by atoms with Gasteiger partial charge in [-0.3, -0.25) is 68.0 Å². The second kappa shape index (κ2) is 24.4. The molecule has 0 unspecified atom stereocenters. The van der Waals surface area contributed by atoms with E-state index in [1.807, 2.05) is 48.1 Å². The quantitative estimate of drug-likeness (QED) is 0.138. The van der Waals surface area contributed by atoms with Gasteiger partial charge in [0.05, 0.1) is 110 Å². The lowest BCUT2D eigenvalue weighted by Gasteiger charge is -2.16. The van der Waals surface area contributed by atoms with E-state index in [0.29, 0.717) is 148 Å². The molecule has 0 radical (unpaired) electrons. The zero-order chi connectivity index (χ0) is 65.3. The number of aryl methyl sites for hydroxylation is 6. The second-order valence-corrected chi connectivity index (χ2v) is 25.2. The van der Waals surface area contributed by atoms with Crippen LogP contribution in [0, 0.1) is 23.7 Å². The largest absolute Gasteiger partial charge is 0.477 e. The van der Waals surface area contributed by atoms with Crippen molar-refractivity contribution in [2.45, 2.75) is 98.4 Å². The number of amides is 3. The number of halogens is 1. The number of hydrogen-bond acceptors (Lipinski definition) is 18. The van der Waals surface area contributed by atoms with Crippen LogP contribution in [0.25, 0.3) is 67.3 Å². The number of hydrogen-bond donors (Lipinski definition) is 3. The van der Waals surface area contributed by atoms with Crippen LogP contribution in [0.4, 0.5) is 22.2 Å². The molecule has 0 fully saturated rings. The standard InChI is InChI=1S/C64H69FN24O6/c1-35-11-9-17-94-60-44(26-68-88(60)15-14-41-19-38-21-46(70-41)43-25-66-84(7)59(43)93-16-8-13-37(3)31-87-58-49(28-67-83(58)6)73-64(87)78-55(38)90)47-22-39(56(91)76-62-74-50-33-81(4)79-53(50)85(62)29-35)20-42(71-47)32-89-61-45(27-69-89)48-23-40(24-52(65)72-48)57(92)77-63-75-51-34-82(5)80-54(51)86(63)30-36(2)12-10-18-95-61/h19-28,33-37H,8-18,29-32H2,1-7H3,(H,73,78,90)(H,74,76,91)(H,75,77,92)/t35-,36-,37-/m1/s1. The third-order valence-corrected chi connectivity index (χ3v) is 17.6. The fraction of sp³-hybridized carbons (Fsp3) is 0.391. The molecule has 3 aliphatic heterocycles. The van der Waals surface area contributed by atoms with Gasteiger partial charge < -0.3 is 14.2 Å². The molecular weight excluding hydrogens is 1220 g/mol. The number of nitrogens with one attached hydrogen (secondary N) is 3. The lowest BCUT2D eigenvalue weighted by atomic mass is 10.1. The maximum absolute atomic E-state index is 15.8. The molecule has 3 amide bonds. The van der Waals surface area contributed by atoms with E-state index < -0.39 is 17.8 Å². The average molecular weight is 1290 g/mol. The van der Waals surface area contributed by atoms with Crippen LogP contribution in [0.5, 0.6) is 17.6 Å². The molecule has 15 rings (SSSR count). The van der Waals surface area contributed by atoms with Crippen LogP contribution in [-0.2, 0) is 67.3 Å². The Morgan fingerprint density at radius 1 is 0.495 bits per heavy atom. The summed E-state index contributed by atoms with van der Waals surface area (Å²) in [5, 5.41) is 37.2. The van der Waals surface area contributed by atoms with Crippen molar-refractivity contribution in [2.24, 2.45) is 45.9 Å². The molecule has 95 heavy (non-hydrogen) atoms. The van der Waals surface area contributed by atoms with Gasteiger partial charge >= 0.3 is 0 Å². The Kier molecular flexibility index (Phi) is 15.4.